The minimum atomic E-state index is -1.01. The standard InChI is InChI=1S/C34H46N4O4S/c1-34(2,18-10-15-31(39)40)36-29(23-25-16-17-26-12-6-7-13-27(26)22-25)33(42)38(5)30(24-28-14-11-21-43-28)32(41)35-19-8-9-20-37(3)4/h6-7,10-17,21-22,29-30,36H,8-9,18-20,23-24H2,1-5H3,(H,35,41)(H,39,40)/b15-10+/t29-,30-/m1/s1. The third-order valence-corrected chi connectivity index (χ3v) is 8.33. The van der Waals surface area contributed by atoms with Gasteiger partial charge in [0.05, 0.1) is 6.04 Å². The summed E-state index contributed by atoms with van der Waals surface area (Å²) in [6, 6.07) is 16.9. The Morgan fingerprint density at radius 2 is 1.72 bits per heavy atom. The molecule has 1 heterocycles. The topological polar surface area (TPSA) is 102 Å². The first kappa shape index (κ1) is 34.0. The highest BCUT2D eigenvalue weighted by atomic mass is 32.1. The zero-order valence-corrected chi connectivity index (χ0v) is 26.8. The molecule has 0 spiro atoms. The number of carbonyl (C=O) groups excluding carboxylic acids is 2. The van der Waals surface area contributed by atoms with Crippen LogP contribution >= 0.6 is 11.3 Å². The number of likely N-dealkylation sites (N-methyl/N-ethyl adjacent to an activating group) is 1. The molecule has 8 nitrogen and oxygen atoms in total. The maximum absolute atomic E-state index is 14.3. The molecule has 0 aliphatic heterocycles. The minimum absolute atomic E-state index is 0.165. The molecule has 3 rings (SSSR count). The van der Waals surface area contributed by atoms with Crippen LogP contribution < -0.4 is 10.6 Å². The molecule has 43 heavy (non-hydrogen) atoms. The first-order chi connectivity index (χ1) is 20.4. The Kier molecular flexibility index (Phi) is 12.9. The van der Waals surface area contributed by atoms with Crippen LogP contribution in [0.25, 0.3) is 10.8 Å². The SMILES string of the molecule is CN(C)CCCCNC(=O)[C@@H](Cc1cccs1)N(C)C(=O)[C@@H](Cc1ccc2ccccc2c1)NC(C)(C)C/C=C/C(=O)O. The van der Waals surface area contributed by atoms with E-state index < -0.39 is 23.6 Å². The molecule has 3 N–H and O–H groups in total. The number of carbonyl (C=O) groups is 3. The number of fused-ring (bicyclic) bond motifs is 1. The van der Waals surface area contributed by atoms with E-state index in [1.807, 2.05) is 63.7 Å². The molecule has 0 aliphatic rings. The van der Waals surface area contributed by atoms with Gasteiger partial charge >= 0.3 is 5.97 Å². The highest BCUT2D eigenvalue weighted by Crippen LogP contribution is 2.21. The zero-order valence-electron chi connectivity index (χ0n) is 26.0. The lowest BCUT2D eigenvalue weighted by atomic mass is 9.94. The Labute approximate surface area is 259 Å². The van der Waals surface area contributed by atoms with Crippen LogP contribution in [0.2, 0.25) is 0 Å². The number of rotatable bonds is 17. The van der Waals surface area contributed by atoms with Crippen LogP contribution in [0.5, 0.6) is 0 Å². The smallest absolute Gasteiger partial charge is 0.327 e. The highest BCUT2D eigenvalue weighted by molar-refractivity contribution is 7.09. The number of thiophene rings is 1. The van der Waals surface area contributed by atoms with Crippen LogP contribution in [0.1, 0.15) is 43.6 Å². The van der Waals surface area contributed by atoms with Crippen molar-refractivity contribution in [3.05, 3.63) is 82.6 Å². The van der Waals surface area contributed by atoms with Crippen LogP contribution in [-0.2, 0) is 27.2 Å². The third kappa shape index (κ3) is 11.2. The fourth-order valence-corrected chi connectivity index (χ4v) is 5.84. The number of hydrogen-bond acceptors (Lipinski definition) is 6. The second-order valence-electron chi connectivity index (χ2n) is 12.0. The van der Waals surface area contributed by atoms with Gasteiger partial charge in [0.25, 0.3) is 0 Å². The summed E-state index contributed by atoms with van der Waals surface area (Å²) in [7, 11) is 5.77. The minimum Gasteiger partial charge on any atom is -0.478 e. The molecule has 0 bridgehead atoms. The quantitative estimate of drug-likeness (QED) is 0.152. The van der Waals surface area contributed by atoms with E-state index in [4.69, 9.17) is 5.11 Å². The summed E-state index contributed by atoms with van der Waals surface area (Å²) in [5, 5.41) is 19.8. The fourth-order valence-electron chi connectivity index (χ4n) is 5.09. The number of unbranched alkanes of at least 4 members (excludes halogenated alkanes) is 1. The van der Waals surface area contributed by atoms with E-state index in [0.717, 1.165) is 46.7 Å². The van der Waals surface area contributed by atoms with Crippen molar-refractivity contribution in [1.82, 2.24) is 20.4 Å². The molecule has 1 aromatic heterocycles. The van der Waals surface area contributed by atoms with Gasteiger partial charge in [-0.1, -0.05) is 54.6 Å². The van der Waals surface area contributed by atoms with Crippen LogP contribution in [0, 0.1) is 0 Å². The van der Waals surface area contributed by atoms with Crippen LogP contribution in [-0.4, -0.2) is 84.5 Å². The monoisotopic (exact) mass is 606 g/mol. The predicted octanol–water partition coefficient (Wildman–Crippen LogP) is 4.74. The molecule has 0 unspecified atom stereocenters. The molecule has 232 valence electrons. The Balaban J connectivity index is 1.85. The molecule has 0 radical (unpaired) electrons. The molecule has 0 saturated carbocycles. The second-order valence-corrected chi connectivity index (χ2v) is 13.0. The third-order valence-electron chi connectivity index (χ3n) is 7.43. The second kappa shape index (κ2) is 16.4. The van der Waals surface area contributed by atoms with Crippen molar-refractivity contribution in [2.24, 2.45) is 0 Å². The van der Waals surface area contributed by atoms with E-state index in [1.165, 1.54) is 0 Å². The fraction of sp³-hybridized carbons (Fsp3) is 0.441. The van der Waals surface area contributed by atoms with Gasteiger partial charge in [-0.25, -0.2) is 4.79 Å². The van der Waals surface area contributed by atoms with Gasteiger partial charge in [0.2, 0.25) is 11.8 Å². The van der Waals surface area contributed by atoms with Gasteiger partial charge in [-0.2, -0.15) is 0 Å². The number of hydrogen-bond donors (Lipinski definition) is 3. The number of carboxylic acid groups (broad SMARTS) is 1. The molecule has 2 amide bonds. The highest BCUT2D eigenvalue weighted by Gasteiger charge is 2.34. The van der Waals surface area contributed by atoms with Crippen LogP contribution in [0.4, 0.5) is 0 Å². The predicted molar refractivity (Wildman–Crippen MR) is 175 cm³/mol. The lowest BCUT2D eigenvalue weighted by molar-refractivity contribution is -0.140. The number of nitrogens with one attached hydrogen (secondary N) is 2. The molecular weight excluding hydrogens is 560 g/mol. The van der Waals surface area contributed by atoms with Crippen molar-refractivity contribution in [3.8, 4) is 0 Å². The molecule has 0 saturated heterocycles. The van der Waals surface area contributed by atoms with Gasteiger partial charge < -0.3 is 25.5 Å². The Morgan fingerprint density at radius 3 is 2.40 bits per heavy atom. The van der Waals surface area contributed by atoms with Gasteiger partial charge in [-0.15, -0.1) is 11.3 Å². The molecule has 2 aromatic carbocycles. The van der Waals surface area contributed by atoms with E-state index in [1.54, 1.807) is 29.4 Å². The largest absolute Gasteiger partial charge is 0.478 e. The van der Waals surface area contributed by atoms with E-state index >= 15 is 0 Å². The van der Waals surface area contributed by atoms with Crippen molar-refractivity contribution in [2.75, 3.05) is 34.2 Å². The number of nitrogens with zero attached hydrogens (tertiary/aromatic N) is 2. The van der Waals surface area contributed by atoms with Gasteiger partial charge in [-0.05, 0) is 88.0 Å². The lowest BCUT2D eigenvalue weighted by Crippen LogP contribution is -2.58. The number of benzene rings is 2. The summed E-state index contributed by atoms with van der Waals surface area (Å²) in [4.78, 5) is 43.6. The number of carboxylic acids is 1. The molecule has 0 fully saturated rings. The maximum Gasteiger partial charge on any atom is 0.327 e. The van der Waals surface area contributed by atoms with Crippen LogP contribution in [0.15, 0.2) is 72.1 Å². The summed E-state index contributed by atoms with van der Waals surface area (Å²) in [5.74, 6) is -1.36. The average Bonchev–Trinajstić information content (AvgIpc) is 3.47. The Hall–Kier alpha value is -3.53. The van der Waals surface area contributed by atoms with Crippen molar-refractivity contribution in [3.63, 3.8) is 0 Å². The Bertz CT molecular complexity index is 1370. The van der Waals surface area contributed by atoms with Crippen LogP contribution in [0.3, 0.4) is 0 Å². The molecular formula is C34H46N4O4S. The molecule has 2 atom stereocenters. The summed E-state index contributed by atoms with van der Waals surface area (Å²) < 4.78 is 0. The average molecular weight is 607 g/mol. The van der Waals surface area contributed by atoms with E-state index in [-0.39, 0.29) is 11.8 Å². The van der Waals surface area contributed by atoms with Crippen molar-refractivity contribution < 1.29 is 19.5 Å². The van der Waals surface area contributed by atoms with Gasteiger partial charge in [-0.3, -0.25) is 9.59 Å². The molecule has 0 aliphatic carbocycles. The van der Waals surface area contributed by atoms with E-state index in [0.29, 0.717) is 25.8 Å². The summed E-state index contributed by atoms with van der Waals surface area (Å²) in [6.07, 6.45) is 5.80. The normalized spacial score (nSPS) is 13.3. The summed E-state index contributed by atoms with van der Waals surface area (Å²) in [6.45, 7) is 5.40. The molecule has 9 heteroatoms. The Morgan fingerprint density at radius 1 is 0.977 bits per heavy atom. The molecule has 3 aromatic rings. The van der Waals surface area contributed by atoms with E-state index in [2.05, 4.69) is 39.8 Å². The van der Waals surface area contributed by atoms with Gasteiger partial charge in [0, 0.05) is 36.5 Å². The maximum atomic E-state index is 14.3. The first-order valence-electron chi connectivity index (χ1n) is 14.8. The van der Waals surface area contributed by atoms with Gasteiger partial charge in [0.1, 0.15) is 6.04 Å². The van der Waals surface area contributed by atoms with Crippen molar-refractivity contribution in [2.45, 2.75) is 63.6 Å². The van der Waals surface area contributed by atoms with Gasteiger partial charge in [0.15, 0.2) is 0 Å². The number of amides is 2. The van der Waals surface area contributed by atoms with Crippen molar-refractivity contribution >= 4 is 39.9 Å². The number of aliphatic carboxylic acids is 1. The van der Waals surface area contributed by atoms with Crippen molar-refractivity contribution in [1.29, 1.82) is 0 Å². The summed E-state index contributed by atoms with van der Waals surface area (Å²) >= 11 is 1.57. The lowest BCUT2D eigenvalue weighted by Gasteiger charge is -2.35. The zero-order chi connectivity index (χ0) is 31.4. The van der Waals surface area contributed by atoms with E-state index in [9.17, 15) is 14.4 Å². The first-order valence-corrected chi connectivity index (χ1v) is 15.7. The summed E-state index contributed by atoms with van der Waals surface area (Å²) in [5.41, 5.74) is 0.414.